The van der Waals surface area contributed by atoms with Gasteiger partial charge in [0.1, 0.15) is 5.60 Å². The number of hydrogen-bond donors (Lipinski definition) is 2. The quantitative estimate of drug-likeness (QED) is 0.842. The maximum absolute atomic E-state index is 10.5. The van der Waals surface area contributed by atoms with Gasteiger partial charge in [-0.05, 0) is 40.7 Å². The van der Waals surface area contributed by atoms with Crippen molar-refractivity contribution in [2.45, 2.75) is 45.8 Å². The van der Waals surface area contributed by atoms with Gasteiger partial charge in [0, 0.05) is 18.2 Å². The molecule has 102 valence electrons. The zero-order valence-corrected chi connectivity index (χ0v) is 11.9. The number of hydrogen-bond acceptors (Lipinski definition) is 4. The number of pyridine rings is 1. The first kappa shape index (κ1) is 14.9. The molecule has 0 aromatic carbocycles. The van der Waals surface area contributed by atoms with Gasteiger partial charge in [0.2, 0.25) is 5.88 Å². The Hall–Kier alpha value is -1.13. The van der Waals surface area contributed by atoms with Gasteiger partial charge in [-0.3, -0.25) is 0 Å². The standard InChI is InChI=1S/C14H24N2O2/c1-6-18-12-9-7-8-11(16-12)14(5,17)10-15-13(2,3)4/h7-9,15,17H,6,10H2,1-5H3/t14-/m1/s1. The maximum Gasteiger partial charge on any atom is 0.213 e. The molecule has 4 nitrogen and oxygen atoms in total. The van der Waals surface area contributed by atoms with Gasteiger partial charge in [-0.1, -0.05) is 6.07 Å². The summed E-state index contributed by atoms with van der Waals surface area (Å²) in [7, 11) is 0. The Morgan fingerprint density at radius 2 is 1.94 bits per heavy atom. The van der Waals surface area contributed by atoms with E-state index in [1.54, 1.807) is 13.0 Å². The highest BCUT2D eigenvalue weighted by Crippen LogP contribution is 2.21. The molecule has 0 aliphatic heterocycles. The van der Waals surface area contributed by atoms with Crippen LogP contribution in [-0.4, -0.2) is 28.8 Å². The summed E-state index contributed by atoms with van der Waals surface area (Å²) in [6, 6.07) is 5.45. The molecule has 1 aromatic rings. The second kappa shape index (κ2) is 5.67. The van der Waals surface area contributed by atoms with Crippen LogP contribution < -0.4 is 10.1 Å². The van der Waals surface area contributed by atoms with Crippen LogP contribution in [0.4, 0.5) is 0 Å². The third-order valence-electron chi connectivity index (χ3n) is 2.53. The summed E-state index contributed by atoms with van der Waals surface area (Å²) in [6.07, 6.45) is 0. The van der Waals surface area contributed by atoms with Crippen LogP contribution in [0, 0.1) is 0 Å². The van der Waals surface area contributed by atoms with E-state index in [0.29, 0.717) is 24.7 Å². The van der Waals surface area contributed by atoms with Gasteiger partial charge < -0.3 is 15.2 Å². The van der Waals surface area contributed by atoms with E-state index >= 15 is 0 Å². The molecule has 2 N–H and O–H groups in total. The van der Waals surface area contributed by atoms with Gasteiger partial charge in [0.25, 0.3) is 0 Å². The van der Waals surface area contributed by atoms with Gasteiger partial charge in [0.05, 0.1) is 12.3 Å². The molecule has 1 rings (SSSR count). The van der Waals surface area contributed by atoms with E-state index in [1.165, 1.54) is 0 Å². The maximum atomic E-state index is 10.5. The van der Waals surface area contributed by atoms with Crippen LogP contribution in [0.1, 0.15) is 40.3 Å². The number of rotatable bonds is 5. The predicted molar refractivity (Wildman–Crippen MR) is 72.7 cm³/mol. The van der Waals surface area contributed by atoms with Crippen molar-refractivity contribution in [3.8, 4) is 5.88 Å². The molecular weight excluding hydrogens is 228 g/mol. The Morgan fingerprint density at radius 3 is 2.50 bits per heavy atom. The molecule has 1 atom stereocenters. The van der Waals surface area contributed by atoms with E-state index in [0.717, 1.165) is 0 Å². The zero-order valence-electron chi connectivity index (χ0n) is 11.9. The van der Waals surface area contributed by atoms with Crippen molar-refractivity contribution >= 4 is 0 Å². The van der Waals surface area contributed by atoms with Gasteiger partial charge >= 0.3 is 0 Å². The molecule has 0 spiro atoms. The second-order valence-electron chi connectivity index (χ2n) is 5.67. The second-order valence-corrected chi connectivity index (χ2v) is 5.67. The van der Waals surface area contributed by atoms with E-state index in [9.17, 15) is 5.11 Å². The Kier molecular flexibility index (Phi) is 4.71. The van der Waals surface area contributed by atoms with E-state index in [2.05, 4.69) is 31.1 Å². The number of nitrogens with one attached hydrogen (secondary N) is 1. The topological polar surface area (TPSA) is 54.4 Å². The van der Waals surface area contributed by atoms with Crippen LogP contribution in [0.5, 0.6) is 5.88 Å². The third-order valence-corrected chi connectivity index (χ3v) is 2.53. The van der Waals surface area contributed by atoms with Crippen LogP contribution in [0.3, 0.4) is 0 Å². The normalized spacial score (nSPS) is 15.2. The van der Waals surface area contributed by atoms with Crippen LogP contribution in [0.2, 0.25) is 0 Å². The molecule has 0 aliphatic carbocycles. The number of aliphatic hydroxyl groups is 1. The first-order valence-corrected chi connectivity index (χ1v) is 6.32. The van der Waals surface area contributed by atoms with Gasteiger partial charge in [-0.15, -0.1) is 0 Å². The minimum Gasteiger partial charge on any atom is -0.478 e. The lowest BCUT2D eigenvalue weighted by atomic mass is 9.99. The third kappa shape index (κ3) is 4.63. The lowest BCUT2D eigenvalue weighted by Crippen LogP contribution is -2.45. The smallest absolute Gasteiger partial charge is 0.213 e. The molecule has 0 fully saturated rings. The molecule has 4 heteroatoms. The molecule has 0 aliphatic rings. The molecule has 0 saturated carbocycles. The fourth-order valence-corrected chi connectivity index (χ4v) is 1.47. The summed E-state index contributed by atoms with van der Waals surface area (Å²) in [6.45, 7) is 10.9. The lowest BCUT2D eigenvalue weighted by Gasteiger charge is -2.29. The van der Waals surface area contributed by atoms with Crippen molar-refractivity contribution < 1.29 is 9.84 Å². The molecule has 0 amide bonds. The molecule has 18 heavy (non-hydrogen) atoms. The van der Waals surface area contributed by atoms with Crippen molar-refractivity contribution in [1.82, 2.24) is 10.3 Å². The van der Waals surface area contributed by atoms with E-state index in [4.69, 9.17) is 4.74 Å². The minimum atomic E-state index is -1.01. The van der Waals surface area contributed by atoms with Gasteiger partial charge in [0.15, 0.2) is 0 Å². The molecule has 1 heterocycles. The summed E-state index contributed by atoms with van der Waals surface area (Å²) in [5, 5.41) is 13.7. The van der Waals surface area contributed by atoms with Gasteiger partial charge in [-0.25, -0.2) is 4.98 Å². The van der Waals surface area contributed by atoms with Crippen molar-refractivity contribution in [2.75, 3.05) is 13.2 Å². The number of β-amino-alcohol motifs (C(OH)–C–C–N with tert-alkyl or cyclic N) is 1. The highest BCUT2D eigenvalue weighted by Gasteiger charge is 2.26. The Balaban J connectivity index is 2.80. The van der Waals surface area contributed by atoms with Crippen LogP contribution in [0.15, 0.2) is 18.2 Å². The van der Waals surface area contributed by atoms with Crippen LogP contribution in [-0.2, 0) is 5.60 Å². The van der Waals surface area contributed by atoms with Crippen molar-refractivity contribution in [3.05, 3.63) is 23.9 Å². The average molecular weight is 252 g/mol. The summed E-state index contributed by atoms with van der Waals surface area (Å²) < 4.78 is 5.34. The van der Waals surface area contributed by atoms with E-state index < -0.39 is 5.60 Å². The number of nitrogens with zero attached hydrogens (tertiary/aromatic N) is 1. The minimum absolute atomic E-state index is 0.0402. The molecule has 0 radical (unpaired) electrons. The Labute approximate surface area is 109 Å². The van der Waals surface area contributed by atoms with Crippen molar-refractivity contribution in [2.24, 2.45) is 0 Å². The summed E-state index contributed by atoms with van der Waals surface area (Å²) >= 11 is 0. The molecule has 0 bridgehead atoms. The monoisotopic (exact) mass is 252 g/mol. The molecule has 0 unspecified atom stereocenters. The first-order valence-electron chi connectivity index (χ1n) is 6.32. The fraction of sp³-hybridized carbons (Fsp3) is 0.643. The first-order chi connectivity index (χ1) is 8.24. The zero-order chi connectivity index (χ0) is 13.8. The lowest BCUT2D eigenvalue weighted by molar-refractivity contribution is 0.0452. The SMILES string of the molecule is CCOc1cccc([C@](C)(O)CNC(C)(C)C)n1. The number of aromatic nitrogens is 1. The largest absolute Gasteiger partial charge is 0.478 e. The fourth-order valence-electron chi connectivity index (χ4n) is 1.47. The summed E-state index contributed by atoms with van der Waals surface area (Å²) in [5.74, 6) is 0.547. The van der Waals surface area contributed by atoms with Crippen molar-refractivity contribution in [1.29, 1.82) is 0 Å². The summed E-state index contributed by atoms with van der Waals surface area (Å²) in [4.78, 5) is 4.32. The van der Waals surface area contributed by atoms with E-state index in [1.807, 2.05) is 19.1 Å². The van der Waals surface area contributed by atoms with Crippen molar-refractivity contribution in [3.63, 3.8) is 0 Å². The molecular formula is C14H24N2O2. The van der Waals surface area contributed by atoms with E-state index in [-0.39, 0.29) is 5.54 Å². The average Bonchev–Trinajstić information content (AvgIpc) is 2.27. The van der Waals surface area contributed by atoms with Crippen LogP contribution in [0.25, 0.3) is 0 Å². The highest BCUT2D eigenvalue weighted by atomic mass is 16.5. The predicted octanol–water partition coefficient (Wildman–Crippen LogP) is 2.08. The molecule has 0 saturated heterocycles. The molecule has 1 aromatic heterocycles. The highest BCUT2D eigenvalue weighted by molar-refractivity contribution is 5.20. The Bertz CT molecular complexity index is 384. The summed E-state index contributed by atoms with van der Waals surface area (Å²) in [5.41, 5.74) is -0.438. The van der Waals surface area contributed by atoms with Crippen LogP contribution >= 0.6 is 0 Å². The number of ether oxygens (including phenoxy) is 1. The Morgan fingerprint density at radius 1 is 1.28 bits per heavy atom. The van der Waals surface area contributed by atoms with Gasteiger partial charge in [-0.2, -0.15) is 0 Å².